The van der Waals surface area contributed by atoms with Crippen molar-refractivity contribution in [2.75, 3.05) is 11.9 Å². The van der Waals surface area contributed by atoms with Crippen LogP contribution in [0.3, 0.4) is 0 Å². The first-order valence-electron chi connectivity index (χ1n) is 7.20. The van der Waals surface area contributed by atoms with Gasteiger partial charge in [0.05, 0.1) is 12.3 Å². The van der Waals surface area contributed by atoms with Crippen LogP contribution < -0.4 is 5.32 Å². The first-order chi connectivity index (χ1) is 11.0. The third-order valence-corrected chi connectivity index (χ3v) is 4.04. The molecular formula is C17H18N2O3S. The van der Waals surface area contributed by atoms with Crippen molar-refractivity contribution in [3.63, 3.8) is 0 Å². The summed E-state index contributed by atoms with van der Waals surface area (Å²) in [5, 5.41) is 3.03. The average molecular weight is 330 g/mol. The molecule has 0 fully saturated rings. The minimum Gasteiger partial charge on any atom is -0.462 e. The fourth-order valence-electron chi connectivity index (χ4n) is 1.83. The monoisotopic (exact) mass is 330 g/mol. The molecule has 0 radical (unpaired) electrons. The van der Waals surface area contributed by atoms with E-state index in [2.05, 4.69) is 10.3 Å². The fraction of sp³-hybridized carbons (Fsp3) is 0.235. The number of nitrogens with zero attached hydrogens (tertiary/aromatic N) is 1. The maximum atomic E-state index is 11.9. The molecule has 0 spiro atoms. The predicted molar refractivity (Wildman–Crippen MR) is 91.7 cm³/mol. The lowest BCUT2D eigenvalue weighted by molar-refractivity contribution is -0.111. The molecule has 1 aromatic carbocycles. The molecule has 0 bridgehead atoms. The number of thiazole rings is 1. The number of ether oxygens (including phenoxy) is 1. The van der Waals surface area contributed by atoms with E-state index in [9.17, 15) is 9.59 Å². The lowest BCUT2D eigenvalue weighted by Gasteiger charge is -1.98. The Kier molecular flexibility index (Phi) is 5.65. The second kappa shape index (κ2) is 7.69. The van der Waals surface area contributed by atoms with Gasteiger partial charge in [0.15, 0.2) is 5.13 Å². The average Bonchev–Trinajstić information content (AvgIpc) is 2.87. The third kappa shape index (κ3) is 4.75. The number of aromatic nitrogens is 1. The number of amides is 1. The van der Waals surface area contributed by atoms with E-state index in [-0.39, 0.29) is 5.91 Å². The fourth-order valence-corrected chi connectivity index (χ4v) is 2.70. The van der Waals surface area contributed by atoms with Crippen molar-refractivity contribution in [2.45, 2.75) is 20.8 Å². The third-order valence-electron chi connectivity index (χ3n) is 2.99. The van der Waals surface area contributed by atoms with Gasteiger partial charge in [-0.2, -0.15) is 0 Å². The standard InChI is InChI=1S/C17H18N2O3S/c1-4-22-16(21)15-12(3)18-17(23-15)19-14(20)10-9-13-7-5-11(2)6-8-13/h5-10H,4H2,1-3H3,(H,18,19,20)/b10-9+. The van der Waals surface area contributed by atoms with Crippen LogP contribution in [-0.2, 0) is 9.53 Å². The molecule has 0 aliphatic heterocycles. The minimum absolute atomic E-state index is 0.297. The molecule has 0 atom stereocenters. The van der Waals surface area contributed by atoms with Gasteiger partial charge in [0, 0.05) is 6.08 Å². The van der Waals surface area contributed by atoms with Crippen LogP contribution >= 0.6 is 11.3 Å². The molecule has 0 aliphatic rings. The van der Waals surface area contributed by atoms with Crippen LogP contribution in [0.15, 0.2) is 30.3 Å². The normalized spacial score (nSPS) is 10.7. The molecule has 1 aromatic heterocycles. The summed E-state index contributed by atoms with van der Waals surface area (Å²) in [5.41, 5.74) is 2.65. The molecule has 5 nitrogen and oxygen atoms in total. The number of rotatable bonds is 5. The lowest BCUT2D eigenvalue weighted by Crippen LogP contribution is -2.07. The van der Waals surface area contributed by atoms with Crippen molar-refractivity contribution >= 4 is 34.4 Å². The van der Waals surface area contributed by atoms with Gasteiger partial charge in [0.2, 0.25) is 5.91 Å². The number of hydrogen-bond acceptors (Lipinski definition) is 5. The van der Waals surface area contributed by atoms with Crippen LogP contribution in [0.25, 0.3) is 6.08 Å². The zero-order valence-electron chi connectivity index (χ0n) is 13.3. The van der Waals surface area contributed by atoms with E-state index >= 15 is 0 Å². The Balaban J connectivity index is 2.01. The van der Waals surface area contributed by atoms with E-state index in [0.29, 0.717) is 22.3 Å². The smallest absolute Gasteiger partial charge is 0.350 e. The number of esters is 1. The van der Waals surface area contributed by atoms with Crippen molar-refractivity contribution in [3.8, 4) is 0 Å². The molecule has 0 saturated heterocycles. The van der Waals surface area contributed by atoms with E-state index in [4.69, 9.17) is 4.74 Å². The van der Waals surface area contributed by atoms with Gasteiger partial charge in [-0.1, -0.05) is 41.2 Å². The quantitative estimate of drug-likeness (QED) is 0.672. The molecule has 1 heterocycles. The Morgan fingerprint density at radius 3 is 2.61 bits per heavy atom. The minimum atomic E-state index is -0.418. The highest BCUT2D eigenvalue weighted by atomic mass is 32.1. The van der Waals surface area contributed by atoms with Crippen LogP contribution in [0.2, 0.25) is 0 Å². The van der Waals surface area contributed by atoms with E-state index in [0.717, 1.165) is 22.5 Å². The molecule has 120 valence electrons. The van der Waals surface area contributed by atoms with Gasteiger partial charge < -0.3 is 4.74 Å². The van der Waals surface area contributed by atoms with Gasteiger partial charge in [0.1, 0.15) is 4.88 Å². The SMILES string of the molecule is CCOC(=O)c1sc(NC(=O)/C=C/c2ccc(C)cc2)nc1C. The lowest BCUT2D eigenvalue weighted by atomic mass is 10.1. The molecule has 1 N–H and O–H groups in total. The molecule has 0 saturated carbocycles. The van der Waals surface area contributed by atoms with Crippen molar-refractivity contribution in [1.82, 2.24) is 4.98 Å². The Hall–Kier alpha value is -2.47. The Morgan fingerprint density at radius 1 is 1.26 bits per heavy atom. The van der Waals surface area contributed by atoms with Crippen LogP contribution in [-0.4, -0.2) is 23.5 Å². The Labute approximate surface area is 139 Å². The van der Waals surface area contributed by atoms with Crippen molar-refractivity contribution in [1.29, 1.82) is 0 Å². The van der Waals surface area contributed by atoms with Crippen molar-refractivity contribution < 1.29 is 14.3 Å². The number of benzene rings is 1. The van der Waals surface area contributed by atoms with E-state index < -0.39 is 5.97 Å². The summed E-state index contributed by atoms with van der Waals surface area (Å²) in [5.74, 6) is -0.715. The summed E-state index contributed by atoms with van der Waals surface area (Å²) < 4.78 is 4.95. The van der Waals surface area contributed by atoms with Crippen LogP contribution in [0, 0.1) is 13.8 Å². The maximum absolute atomic E-state index is 11.9. The highest BCUT2D eigenvalue weighted by molar-refractivity contribution is 7.17. The molecule has 0 aliphatic carbocycles. The van der Waals surface area contributed by atoms with Crippen molar-refractivity contribution in [2.24, 2.45) is 0 Å². The Bertz CT molecular complexity index is 733. The first-order valence-corrected chi connectivity index (χ1v) is 8.01. The molecule has 2 rings (SSSR count). The van der Waals surface area contributed by atoms with Gasteiger partial charge >= 0.3 is 5.97 Å². The molecule has 0 unspecified atom stereocenters. The second-order valence-electron chi connectivity index (χ2n) is 4.89. The zero-order chi connectivity index (χ0) is 16.8. The number of aryl methyl sites for hydroxylation is 2. The number of hydrogen-bond donors (Lipinski definition) is 1. The summed E-state index contributed by atoms with van der Waals surface area (Å²) in [4.78, 5) is 28.2. The van der Waals surface area contributed by atoms with Gasteiger partial charge in [-0.15, -0.1) is 0 Å². The van der Waals surface area contributed by atoms with E-state index in [1.807, 2.05) is 31.2 Å². The number of nitrogens with one attached hydrogen (secondary N) is 1. The highest BCUT2D eigenvalue weighted by Gasteiger charge is 2.16. The van der Waals surface area contributed by atoms with Crippen LogP contribution in [0.1, 0.15) is 33.4 Å². The highest BCUT2D eigenvalue weighted by Crippen LogP contribution is 2.23. The number of anilines is 1. The second-order valence-corrected chi connectivity index (χ2v) is 5.89. The number of carbonyl (C=O) groups is 2. The van der Waals surface area contributed by atoms with Gasteiger partial charge in [0.25, 0.3) is 0 Å². The summed E-state index contributed by atoms with van der Waals surface area (Å²) in [7, 11) is 0. The molecule has 2 aromatic rings. The first kappa shape index (κ1) is 16.9. The summed E-state index contributed by atoms with van der Waals surface area (Å²) in [6.07, 6.45) is 3.16. The molecule has 6 heteroatoms. The summed E-state index contributed by atoms with van der Waals surface area (Å²) in [6.45, 7) is 5.76. The van der Waals surface area contributed by atoms with E-state index in [1.54, 1.807) is 19.9 Å². The molecule has 23 heavy (non-hydrogen) atoms. The molecular weight excluding hydrogens is 312 g/mol. The molecule has 1 amide bonds. The van der Waals surface area contributed by atoms with Crippen LogP contribution in [0.5, 0.6) is 0 Å². The van der Waals surface area contributed by atoms with Gasteiger partial charge in [-0.05, 0) is 32.4 Å². The van der Waals surface area contributed by atoms with Crippen LogP contribution in [0.4, 0.5) is 5.13 Å². The number of carbonyl (C=O) groups excluding carboxylic acids is 2. The van der Waals surface area contributed by atoms with E-state index in [1.165, 1.54) is 6.08 Å². The zero-order valence-corrected chi connectivity index (χ0v) is 14.1. The summed E-state index contributed by atoms with van der Waals surface area (Å²) >= 11 is 1.11. The predicted octanol–water partition coefficient (Wildman–Crippen LogP) is 3.59. The maximum Gasteiger partial charge on any atom is 0.350 e. The Morgan fingerprint density at radius 2 is 1.96 bits per heavy atom. The van der Waals surface area contributed by atoms with Crippen molar-refractivity contribution in [3.05, 3.63) is 52.0 Å². The van der Waals surface area contributed by atoms with Gasteiger partial charge in [-0.25, -0.2) is 9.78 Å². The summed E-state index contributed by atoms with van der Waals surface area (Å²) in [6, 6.07) is 7.83. The largest absolute Gasteiger partial charge is 0.462 e. The van der Waals surface area contributed by atoms with Gasteiger partial charge in [-0.3, -0.25) is 10.1 Å². The topological polar surface area (TPSA) is 68.3 Å².